The van der Waals surface area contributed by atoms with E-state index in [-0.39, 0.29) is 6.54 Å². The lowest BCUT2D eigenvalue weighted by atomic mass is 9.98. The molecule has 0 saturated carbocycles. The summed E-state index contributed by atoms with van der Waals surface area (Å²) in [5.74, 6) is -1.62. The fourth-order valence-corrected chi connectivity index (χ4v) is 1.96. The lowest BCUT2D eigenvalue weighted by molar-refractivity contribution is -0.141. The largest absolute Gasteiger partial charge is 0.481 e. The van der Waals surface area contributed by atoms with E-state index in [9.17, 15) is 14.7 Å². The van der Waals surface area contributed by atoms with Gasteiger partial charge in [0.05, 0.1) is 5.92 Å². The van der Waals surface area contributed by atoms with Gasteiger partial charge in [-0.2, -0.15) is 0 Å². The van der Waals surface area contributed by atoms with Gasteiger partial charge < -0.3 is 15.2 Å². The Labute approximate surface area is 131 Å². The van der Waals surface area contributed by atoms with Crippen LogP contribution in [0, 0.1) is 5.92 Å². The van der Waals surface area contributed by atoms with Crippen LogP contribution in [-0.4, -0.2) is 29.3 Å². The highest BCUT2D eigenvalue weighted by Gasteiger charge is 2.21. The quantitative estimate of drug-likeness (QED) is 0.847. The van der Waals surface area contributed by atoms with Crippen molar-refractivity contribution in [2.45, 2.75) is 46.1 Å². The number of amides is 1. The number of hydrogen-bond donors (Lipinski definition) is 2. The minimum absolute atomic E-state index is 0.0414. The molecule has 1 aromatic rings. The predicted octanol–water partition coefficient (Wildman–Crippen LogP) is 3.02. The molecule has 0 fully saturated rings. The summed E-state index contributed by atoms with van der Waals surface area (Å²) in [5.41, 5.74) is 1.55. The number of aliphatic carboxylic acids is 1. The van der Waals surface area contributed by atoms with Gasteiger partial charge in [-0.25, -0.2) is 4.79 Å². The Kier molecular flexibility index (Phi) is 6.40. The van der Waals surface area contributed by atoms with Gasteiger partial charge in [0.2, 0.25) is 0 Å². The van der Waals surface area contributed by atoms with Crippen molar-refractivity contribution in [3.63, 3.8) is 0 Å². The van der Waals surface area contributed by atoms with Crippen LogP contribution in [0.15, 0.2) is 24.3 Å². The fraction of sp³-hybridized carbons (Fsp3) is 0.529. The number of carboxylic acid groups (broad SMARTS) is 1. The second-order valence-electron chi connectivity index (χ2n) is 6.29. The third kappa shape index (κ3) is 6.61. The summed E-state index contributed by atoms with van der Waals surface area (Å²) in [4.78, 5) is 22.9. The van der Waals surface area contributed by atoms with Crippen molar-refractivity contribution in [2.24, 2.45) is 5.92 Å². The molecule has 1 amide bonds. The van der Waals surface area contributed by atoms with E-state index >= 15 is 0 Å². The van der Waals surface area contributed by atoms with Crippen LogP contribution in [-0.2, 0) is 22.4 Å². The molecule has 1 rings (SSSR count). The lowest BCUT2D eigenvalue weighted by Crippen LogP contribution is -2.37. The maximum absolute atomic E-state index is 11.6. The first-order chi connectivity index (χ1) is 10.2. The van der Waals surface area contributed by atoms with Gasteiger partial charge >= 0.3 is 12.1 Å². The molecule has 0 aliphatic rings. The molecule has 5 nitrogen and oxygen atoms in total. The molecule has 0 unspecified atom stereocenters. The first-order valence-electron chi connectivity index (χ1n) is 7.48. The van der Waals surface area contributed by atoms with Crippen LogP contribution in [0.5, 0.6) is 0 Å². The van der Waals surface area contributed by atoms with Crippen molar-refractivity contribution in [3.05, 3.63) is 35.4 Å². The van der Waals surface area contributed by atoms with Crippen LogP contribution in [0.25, 0.3) is 0 Å². The maximum Gasteiger partial charge on any atom is 0.407 e. The summed E-state index contributed by atoms with van der Waals surface area (Å²) in [6.07, 6.45) is 0.720. The van der Waals surface area contributed by atoms with Crippen LogP contribution in [0.4, 0.5) is 4.79 Å². The highest BCUT2D eigenvalue weighted by atomic mass is 16.6. The molecule has 0 aromatic heterocycles. The van der Waals surface area contributed by atoms with Crippen LogP contribution in [0.3, 0.4) is 0 Å². The van der Waals surface area contributed by atoms with Crippen molar-refractivity contribution in [3.8, 4) is 0 Å². The van der Waals surface area contributed by atoms with E-state index in [0.29, 0.717) is 6.42 Å². The number of benzene rings is 1. The summed E-state index contributed by atoms with van der Waals surface area (Å²) in [7, 11) is 0. The van der Waals surface area contributed by atoms with Crippen molar-refractivity contribution in [1.29, 1.82) is 0 Å². The fourth-order valence-electron chi connectivity index (χ4n) is 1.96. The van der Waals surface area contributed by atoms with Gasteiger partial charge in [0, 0.05) is 6.54 Å². The molecule has 0 radical (unpaired) electrons. The van der Waals surface area contributed by atoms with Crippen molar-refractivity contribution in [2.75, 3.05) is 6.54 Å². The SMILES string of the molecule is CCc1ccc(C[C@@H](CNC(=O)OC(C)(C)C)C(=O)O)cc1. The molecule has 5 heteroatoms. The van der Waals surface area contributed by atoms with E-state index < -0.39 is 23.6 Å². The third-order valence-corrected chi connectivity index (χ3v) is 3.15. The Morgan fingerprint density at radius 3 is 2.18 bits per heavy atom. The minimum Gasteiger partial charge on any atom is -0.481 e. The first-order valence-corrected chi connectivity index (χ1v) is 7.48. The number of alkyl carbamates (subject to hydrolysis) is 1. The summed E-state index contributed by atoms with van der Waals surface area (Å²) in [6.45, 7) is 7.39. The standard InChI is InChI=1S/C17H25NO4/c1-5-12-6-8-13(9-7-12)10-14(15(19)20)11-18-16(21)22-17(2,3)4/h6-9,14H,5,10-11H2,1-4H3,(H,18,21)(H,19,20)/t14-/m0/s1. The number of rotatable bonds is 6. The van der Waals surface area contributed by atoms with Crippen molar-refractivity contribution >= 4 is 12.1 Å². The van der Waals surface area contributed by atoms with E-state index in [0.717, 1.165) is 12.0 Å². The number of carbonyl (C=O) groups excluding carboxylic acids is 1. The number of carboxylic acids is 1. The molecule has 122 valence electrons. The average molecular weight is 307 g/mol. The molecule has 0 aliphatic carbocycles. The monoisotopic (exact) mass is 307 g/mol. The van der Waals surface area contributed by atoms with Crippen LogP contribution < -0.4 is 5.32 Å². The zero-order chi connectivity index (χ0) is 16.8. The smallest absolute Gasteiger partial charge is 0.407 e. The number of nitrogens with one attached hydrogen (secondary N) is 1. The zero-order valence-corrected chi connectivity index (χ0v) is 13.7. The van der Waals surface area contributed by atoms with Crippen LogP contribution >= 0.6 is 0 Å². The van der Waals surface area contributed by atoms with Gasteiger partial charge in [0.1, 0.15) is 5.60 Å². The number of hydrogen-bond acceptors (Lipinski definition) is 3. The van der Waals surface area contributed by atoms with E-state index in [4.69, 9.17) is 4.74 Å². The van der Waals surface area contributed by atoms with E-state index in [1.807, 2.05) is 24.3 Å². The minimum atomic E-state index is -0.935. The topological polar surface area (TPSA) is 75.6 Å². The molecular formula is C17H25NO4. The molecule has 0 spiro atoms. The summed E-state index contributed by atoms with van der Waals surface area (Å²) in [6, 6.07) is 7.86. The molecule has 0 aliphatic heterocycles. The molecule has 2 N–H and O–H groups in total. The summed E-state index contributed by atoms with van der Waals surface area (Å²) in [5, 5.41) is 11.8. The number of carbonyl (C=O) groups is 2. The van der Waals surface area contributed by atoms with Gasteiger partial charge in [-0.1, -0.05) is 31.2 Å². The Balaban J connectivity index is 2.58. The van der Waals surface area contributed by atoms with E-state index in [1.54, 1.807) is 20.8 Å². The maximum atomic E-state index is 11.6. The first kappa shape index (κ1) is 18.0. The number of ether oxygens (including phenoxy) is 1. The molecule has 22 heavy (non-hydrogen) atoms. The highest BCUT2D eigenvalue weighted by Crippen LogP contribution is 2.12. The van der Waals surface area contributed by atoms with Gasteiger partial charge in [-0.15, -0.1) is 0 Å². The van der Waals surface area contributed by atoms with Crippen molar-refractivity contribution < 1.29 is 19.4 Å². The molecule has 0 bridgehead atoms. The molecule has 1 aromatic carbocycles. The summed E-state index contributed by atoms with van der Waals surface area (Å²) < 4.78 is 5.11. The van der Waals surface area contributed by atoms with Gasteiger partial charge in [-0.3, -0.25) is 4.79 Å². The third-order valence-electron chi connectivity index (χ3n) is 3.15. The molecule has 0 saturated heterocycles. The second-order valence-corrected chi connectivity index (χ2v) is 6.29. The normalized spacial score (nSPS) is 12.5. The Hall–Kier alpha value is -2.04. The molecular weight excluding hydrogens is 282 g/mol. The number of aryl methyl sites for hydroxylation is 1. The Morgan fingerprint density at radius 1 is 1.18 bits per heavy atom. The van der Waals surface area contributed by atoms with Crippen LogP contribution in [0.1, 0.15) is 38.8 Å². The molecule has 0 heterocycles. The van der Waals surface area contributed by atoms with Gasteiger partial charge in [-0.05, 0) is 44.7 Å². The van der Waals surface area contributed by atoms with E-state index in [2.05, 4.69) is 12.2 Å². The second kappa shape index (κ2) is 7.82. The highest BCUT2D eigenvalue weighted by molar-refractivity contribution is 5.73. The van der Waals surface area contributed by atoms with Crippen LogP contribution in [0.2, 0.25) is 0 Å². The average Bonchev–Trinajstić information content (AvgIpc) is 2.41. The zero-order valence-electron chi connectivity index (χ0n) is 13.7. The Morgan fingerprint density at radius 2 is 1.73 bits per heavy atom. The van der Waals surface area contributed by atoms with Gasteiger partial charge in [0.25, 0.3) is 0 Å². The van der Waals surface area contributed by atoms with E-state index in [1.165, 1.54) is 5.56 Å². The molecule has 1 atom stereocenters. The van der Waals surface area contributed by atoms with Crippen molar-refractivity contribution in [1.82, 2.24) is 5.32 Å². The Bertz CT molecular complexity index is 502. The summed E-state index contributed by atoms with van der Waals surface area (Å²) >= 11 is 0. The lowest BCUT2D eigenvalue weighted by Gasteiger charge is -2.21. The van der Waals surface area contributed by atoms with Gasteiger partial charge in [0.15, 0.2) is 0 Å². The predicted molar refractivity (Wildman–Crippen MR) is 84.9 cm³/mol.